The minimum Gasteiger partial charge on any atom is -0.463 e. The lowest BCUT2D eigenvalue weighted by atomic mass is 10.1. The van der Waals surface area contributed by atoms with Gasteiger partial charge in [-0.05, 0) is 30.3 Å². The molecule has 4 aromatic rings. The molecule has 0 aliphatic rings. The van der Waals surface area contributed by atoms with E-state index in [-0.39, 0.29) is 5.56 Å². The lowest BCUT2D eigenvalue weighted by Gasteiger charge is -2.03. The zero-order valence-electron chi connectivity index (χ0n) is 11.9. The summed E-state index contributed by atoms with van der Waals surface area (Å²) < 4.78 is 20.5. The highest BCUT2D eigenvalue weighted by Crippen LogP contribution is 2.28. The van der Waals surface area contributed by atoms with Crippen molar-refractivity contribution in [2.24, 2.45) is 0 Å². The van der Waals surface area contributed by atoms with Crippen LogP contribution in [0.4, 0.5) is 4.39 Å². The summed E-state index contributed by atoms with van der Waals surface area (Å²) in [6.07, 6.45) is 1.54. The summed E-state index contributed by atoms with van der Waals surface area (Å²) in [6, 6.07) is 16.7. The maximum Gasteiger partial charge on any atom is 0.281 e. The van der Waals surface area contributed by atoms with Gasteiger partial charge in [0.25, 0.3) is 5.91 Å². The van der Waals surface area contributed by atoms with Gasteiger partial charge in [0.05, 0.1) is 17.3 Å². The third-order valence-electron chi connectivity index (χ3n) is 3.64. The van der Waals surface area contributed by atoms with E-state index in [4.69, 9.17) is 4.42 Å². The second-order valence-corrected chi connectivity index (χ2v) is 5.04. The van der Waals surface area contributed by atoms with Crippen LogP contribution < -0.4 is 0 Å². The topological polar surface area (TPSA) is 48.0 Å². The van der Waals surface area contributed by atoms with E-state index >= 15 is 0 Å². The molecule has 2 aromatic heterocycles. The number of furan rings is 1. The summed E-state index contributed by atoms with van der Waals surface area (Å²) in [5, 5.41) is 5.13. The first-order chi connectivity index (χ1) is 11.3. The summed E-state index contributed by atoms with van der Waals surface area (Å²) in [7, 11) is 0. The maximum absolute atomic E-state index is 13.9. The average Bonchev–Trinajstić information content (AvgIpc) is 3.22. The lowest BCUT2D eigenvalue weighted by Crippen LogP contribution is -2.15. The number of aromatic nitrogens is 2. The Hall–Kier alpha value is -3.21. The first kappa shape index (κ1) is 13.5. The van der Waals surface area contributed by atoms with E-state index in [0.717, 1.165) is 5.39 Å². The molecule has 0 saturated heterocycles. The molecule has 0 spiro atoms. The highest BCUT2D eigenvalue weighted by atomic mass is 19.1. The van der Waals surface area contributed by atoms with Gasteiger partial charge in [-0.1, -0.05) is 30.3 Å². The van der Waals surface area contributed by atoms with Gasteiger partial charge < -0.3 is 4.42 Å². The molecule has 0 N–H and O–H groups in total. The van der Waals surface area contributed by atoms with Crippen molar-refractivity contribution >= 4 is 16.8 Å². The van der Waals surface area contributed by atoms with E-state index in [2.05, 4.69) is 5.10 Å². The zero-order valence-corrected chi connectivity index (χ0v) is 11.9. The minimum absolute atomic E-state index is 0.0215. The summed E-state index contributed by atoms with van der Waals surface area (Å²) in [6.45, 7) is 0. The fourth-order valence-electron chi connectivity index (χ4n) is 2.57. The summed E-state index contributed by atoms with van der Waals surface area (Å²) in [4.78, 5) is 12.7. The molecule has 2 heterocycles. The number of para-hydroxylation sites is 1. The molecule has 5 heteroatoms. The molecule has 0 aliphatic heterocycles. The standard InChI is InChI=1S/C18H11FN2O2/c19-14-8-3-1-6-12(14)18(22)21-15-9-4-2-7-13(15)17(20-21)16-10-5-11-23-16/h1-11H. The molecule has 2 aromatic carbocycles. The molecular formula is C18H11FN2O2. The molecule has 0 fully saturated rings. The molecule has 0 saturated carbocycles. The first-order valence-electron chi connectivity index (χ1n) is 7.06. The Morgan fingerprint density at radius 3 is 2.57 bits per heavy atom. The largest absolute Gasteiger partial charge is 0.463 e. The van der Waals surface area contributed by atoms with Crippen molar-refractivity contribution in [3.8, 4) is 11.5 Å². The molecule has 0 aliphatic carbocycles. The predicted molar refractivity (Wildman–Crippen MR) is 83.6 cm³/mol. The minimum atomic E-state index is -0.573. The number of hydrogen-bond donors (Lipinski definition) is 0. The van der Waals surface area contributed by atoms with Gasteiger partial charge in [-0.25, -0.2) is 4.39 Å². The second-order valence-electron chi connectivity index (χ2n) is 5.04. The van der Waals surface area contributed by atoms with Crippen molar-refractivity contribution in [3.63, 3.8) is 0 Å². The Morgan fingerprint density at radius 2 is 1.78 bits per heavy atom. The molecule has 0 bridgehead atoms. The quantitative estimate of drug-likeness (QED) is 0.559. The number of halogens is 1. The molecule has 23 heavy (non-hydrogen) atoms. The van der Waals surface area contributed by atoms with Crippen molar-refractivity contribution in [2.45, 2.75) is 0 Å². The maximum atomic E-state index is 13.9. The third kappa shape index (κ3) is 2.14. The van der Waals surface area contributed by atoms with Crippen LogP contribution in [0.2, 0.25) is 0 Å². The SMILES string of the molecule is O=C(c1ccccc1F)n1nc(-c2ccco2)c2ccccc21. The fraction of sp³-hybridized carbons (Fsp3) is 0. The number of rotatable bonds is 2. The first-order valence-corrected chi connectivity index (χ1v) is 7.06. The lowest BCUT2D eigenvalue weighted by molar-refractivity contribution is 0.0946. The summed E-state index contributed by atoms with van der Waals surface area (Å²) >= 11 is 0. The van der Waals surface area contributed by atoms with Crippen LogP contribution in [0.1, 0.15) is 10.4 Å². The van der Waals surface area contributed by atoms with Gasteiger partial charge in [0.2, 0.25) is 0 Å². The number of nitrogens with zero attached hydrogens (tertiary/aromatic N) is 2. The molecule has 0 radical (unpaired) electrons. The molecule has 112 valence electrons. The van der Waals surface area contributed by atoms with E-state index in [1.54, 1.807) is 42.7 Å². The predicted octanol–water partition coefficient (Wildman–Crippen LogP) is 4.12. The van der Waals surface area contributed by atoms with Crippen molar-refractivity contribution in [2.75, 3.05) is 0 Å². The fourth-order valence-corrected chi connectivity index (χ4v) is 2.57. The molecule has 4 rings (SSSR count). The van der Waals surface area contributed by atoms with Gasteiger partial charge >= 0.3 is 0 Å². The van der Waals surface area contributed by atoms with E-state index in [0.29, 0.717) is 17.0 Å². The zero-order chi connectivity index (χ0) is 15.8. The van der Waals surface area contributed by atoms with Gasteiger partial charge in [0.1, 0.15) is 11.5 Å². The number of carbonyl (C=O) groups is 1. The van der Waals surface area contributed by atoms with Gasteiger partial charge in [-0.2, -0.15) is 9.78 Å². The van der Waals surface area contributed by atoms with Gasteiger partial charge in [0, 0.05) is 5.39 Å². The highest BCUT2D eigenvalue weighted by molar-refractivity contribution is 6.04. The van der Waals surface area contributed by atoms with Crippen LogP contribution in [-0.2, 0) is 0 Å². The Bertz CT molecular complexity index is 1000. The number of hydrogen-bond acceptors (Lipinski definition) is 3. The molecular weight excluding hydrogens is 295 g/mol. The van der Waals surface area contributed by atoms with Crippen molar-refractivity contribution in [1.29, 1.82) is 0 Å². The van der Waals surface area contributed by atoms with Crippen LogP contribution in [0.3, 0.4) is 0 Å². The van der Waals surface area contributed by atoms with Crippen molar-refractivity contribution in [1.82, 2.24) is 9.78 Å². The number of carbonyl (C=O) groups excluding carboxylic acids is 1. The average molecular weight is 306 g/mol. The second kappa shape index (κ2) is 5.21. The van der Waals surface area contributed by atoms with E-state index in [1.165, 1.54) is 16.8 Å². The van der Waals surface area contributed by atoms with Crippen molar-refractivity contribution in [3.05, 3.63) is 78.3 Å². The molecule has 0 amide bonds. The number of benzene rings is 2. The van der Waals surface area contributed by atoms with E-state index in [1.807, 2.05) is 12.1 Å². The van der Waals surface area contributed by atoms with Crippen LogP contribution in [0, 0.1) is 5.82 Å². The van der Waals surface area contributed by atoms with Crippen LogP contribution in [0.25, 0.3) is 22.4 Å². The van der Waals surface area contributed by atoms with E-state index < -0.39 is 11.7 Å². The number of fused-ring (bicyclic) bond motifs is 1. The Morgan fingerprint density at radius 1 is 1.00 bits per heavy atom. The van der Waals surface area contributed by atoms with Crippen LogP contribution >= 0.6 is 0 Å². The summed E-state index contributed by atoms with van der Waals surface area (Å²) in [5.74, 6) is -0.532. The van der Waals surface area contributed by atoms with Crippen molar-refractivity contribution < 1.29 is 13.6 Å². The van der Waals surface area contributed by atoms with Crippen LogP contribution in [0.15, 0.2) is 71.3 Å². The smallest absolute Gasteiger partial charge is 0.281 e. The van der Waals surface area contributed by atoms with Gasteiger partial charge in [-0.3, -0.25) is 4.79 Å². The Kier molecular flexibility index (Phi) is 3.05. The normalized spacial score (nSPS) is 11.0. The van der Waals surface area contributed by atoms with Gasteiger partial charge in [0.15, 0.2) is 5.76 Å². The highest BCUT2D eigenvalue weighted by Gasteiger charge is 2.20. The Balaban J connectivity index is 1.95. The van der Waals surface area contributed by atoms with Crippen LogP contribution in [0.5, 0.6) is 0 Å². The third-order valence-corrected chi connectivity index (χ3v) is 3.64. The van der Waals surface area contributed by atoms with Crippen LogP contribution in [-0.4, -0.2) is 15.7 Å². The molecule has 0 atom stereocenters. The Labute approximate surface area is 130 Å². The van der Waals surface area contributed by atoms with E-state index in [9.17, 15) is 9.18 Å². The van der Waals surface area contributed by atoms with Gasteiger partial charge in [-0.15, -0.1) is 0 Å². The molecule has 4 nitrogen and oxygen atoms in total. The monoisotopic (exact) mass is 306 g/mol. The molecule has 0 unspecified atom stereocenters. The summed E-state index contributed by atoms with van der Waals surface area (Å²) in [5.41, 5.74) is 1.13.